The molecule has 0 fully saturated rings. The Morgan fingerprint density at radius 3 is 2.76 bits per heavy atom. The second-order valence-electron chi connectivity index (χ2n) is 7.45. The van der Waals surface area contributed by atoms with Gasteiger partial charge in [-0.05, 0) is 36.4 Å². The number of nitrogens with one attached hydrogen (secondary N) is 1. The molecule has 0 aliphatic carbocycles. The van der Waals surface area contributed by atoms with Gasteiger partial charge in [0.1, 0.15) is 18.9 Å². The van der Waals surface area contributed by atoms with Gasteiger partial charge in [-0.2, -0.15) is 5.10 Å². The molecule has 2 aromatic heterocycles. The number of rotatable bonds is 6. The molecule has 0 saturated heterocycles. The van der Waals surface area contributed by atoms with Gasteiger partial charge in [-0.25, -0.2) is 4.68 Å². The van der Waals surface area contributed by atoms with E-state index in [4.69, 9.17) is 14.6 Å². The summed E-state index contributed by atoms with van der Waals surface area (Å²) in [5.41, 5.74) is 4.25. The molecule has 0 bridgehead atoms. The van der Waals surface area contributed by atoms with Gasteiger partial charge >= 0.3 is 0 Å². The number of hydrogen-bond acceptors (Lipinski definition) is 5. The van der Waals surface area contributed by atoms with Gasteiger partial charge in [-0.1, -0.05) is 30.3 Å². The number of para-hydroxylation sites is 2. The molecule has 0 spiro atoms. The summed E-state index contributed by atoms with van der Waals surface area (Å²) in [5, 5.41) is 7.65. The highest BCUT2D eigenvalue weighted by atomic mass is 16.6. The molecule has 7 heteroatoms. The molecule has 0 saturated carbocycles. The van der Waals surface area contributed by atoms with Crippen LogP contribution in [0.4, 0.5) is 0 Å². The predicted molar refractivity (Wildman–Crippen MR) is 125 cm³/mol. The summed E-state index contributed by atoms with van der Waals surface area (Å²) in [4.78, 5) is 16.8. The van der Waals surface area contributed by atoms with Crippen LogP contribution in [0.5, 0.6) is 11.5 Å². The number of ether oxygens (including phenoxy) is 2. The first-order valence-corrected chi connectivity index (χ1v) is 10.7. The lowest BCUT2D eigenvalue weighted by atomic mass is 10.1. The van der Waals surface area contributed by atoms with E-state index in [0.29, 0.717) is 31.3 Å². The zero-order valence-corrected chi connectivity index (χ0v) is 17.8. The van der Waals surface area contributed by atoms with Crippen molar-refractivity contribution < 1.29 is 14.3 Å². The highest BCUT2D eigenvalue weighted by Crippen LogP contribution is 2.33. The van der Waals surface area contributed by atoms with Crippen molar-refractivity contribution in [3.8, 4) is 28.4 Å². The molecule has 0 atom stereocenters. The van der Waals surface area contributed by atoms with Crippen LogP contribution in [0, 0.1) is 0 Å². The Hall–Kier alpha value is -4.39. The summed E-state index contributed by atoms with van der Waals surface area (Å²) in [6.45, 7) is 1.37. The zero-order valence-electron chi connectivity index (χ0n) is 17.8. The van der Waals surface area contributed by atoms with Gasteiger partial charge in [0, 0.05) is 47.9 Å². The molecule has 4 aromatic rings. The molecule has 33 heavy (non-hydrogen) atoms. The van der Waals surface area contributed by atoms with E-state index in [9.17, 15) is 4.79 Å². The van der Waals surface area contributed by atoms with Crippen molar-refractivity contribution in [1.29, 1.82) is 0 Å². The number of carbonyl (C=O) groups excluding carboxylic acids is 1. The first kappa shape index (κ1) is 20.5. The molecule has 0 unspecified atom stereocenters. The number of nitrogens with zero attached hydrogens (tertiary/aromatic N) is 3. The molecular formula is C26H22N4O3. The van der Waals surface area contributed by atoms with E-state index in [-0.39, 0.29) is 5.91 Å². The van der Waals surface area contributed by atoms with Crippen molar-refractivity contribution in [2.24, 2.45) is 0 Å². The van der Waals surface area contributed by atoms with Gasteiger partial charge in [0.2, 0.25) is 5.91 Å². The first-order valence-electron chi connectivity index (χ1n) is 10.7. The Kier molecular flexibility index (Phi) is 5.84. The molecule has 2 aromatic carbocycles. The van der Waals surface area contributed by atoms with Gasteiger partial charge in [-0.15, -0.1) is 0 Å². The normalized spacial score (nSPS) is 12.6. The minimum absolute atomic E-state index is 0.214. The van der Waals surface area contributed by atoms with E-state index in [1.165, 1.54) is 6.08 Å². The van der Waals surface area contributed by atoms with Crippen LogP contribution in [0.2, 0.25) is 0 Å². The van der Waals surface area contributed by atoms with Crippen molar-refractivity contribution in [2.75, 3.05) is 13.2 Å². The smallest absolute Gasteiger partial charge is 0.244 e. The van der Waals surface area contributed by atoms with Crippen LogP contribution in [-0.2, 0) is 11.3 Å². The lowest BCUT2D eigenvalue weighted by molar-refractivity contribution is -0.116. The highest BCUT2D eigenvalue weighted by Gasteiger charge is 2.16. The Labute approximate surface area is 191 Å². The molecule has 1 aliphatic rings. The van der Waals surface area contributed by atoms with E-state index in [2.05, 4.69) is 10.3 Å². The van der Waals surface area contributed by atoms with Crippen molar-refractivity contribution in [3.05, 3.63) is 96.5 Å². The molecular weight excluding hydrogens is 416 g/mol. The van der Waals surface area contributed by atoms with Crippen LogP contribution in [0.3, 0.4) is 0 Å². The maximum Gasteiger partial charge on any atom is 0.244 e. The molecule has 1 N–H and O–H groups in total. The van der Waals surface area contributed by atoms with Crippen LogP contribution in [-0.4, -0.2) is 33.9 Å². The number of hydrogen-bond donors (Lipinski definition) is 1. The second kappa shape index (κ2) is 9.40. The topological polar surface area (TPSA) is 78.3 Å². The Balaban J connectivity index is 1.35. The van der Waals surface area contributed by atoms with Gasteiger partial charge in [0.05, 0.1) is 5.69 Å². The third kappa shape index (κ3) is 4.62. The molecule has 0 radical (unpaired) electrons. The number of pyridine rings is 1. The van der Waals surface area contributed by atoms with Crippen molar-refractivity contribution in [3.63, 3.8) is 0 Å². The van der Waals surface area contributed by atoms with Crippen molar-refractivity contribution >= 4 is 12.0 Å². The van der Waals surface area contributed by atoms with Crippen LogP contribution in [0.15, 0.2) is 85.3 Å². The molecule has 1 amide bonds. The average Bonchev–Trinajstić information content (AvgIpc) is 3.31. The first-order chi connectivity index (χ1) is 16.3. The van der Waals surface area contributed by atoms with E-state index in [1.54, 1.807) is 23.2 Å². The highest BCUT2D eigenvalue weighted by molar-refractivity contribution is 5.92. The molecule has 7 nitrogen and oxygen atoms in total. The standard InChI is InChI=1S/C26H22N4O3/c31-24(28-17-20-6-4-10-23-26(20)33-15-14-32-23)12-11-21-18-30(22-8-2-1-3-9-22)29-25(21)19-7-5-13-27-16-19/h1-13,16,18H,14-15,17H2,(H,28,31)/b12-11+. The van der Waals surface area contributed by atoms with Crippen LogP contribution >= 0.6 is 0 Å². The SMILES string of the molecule is O=C(/C=C/c1cn(-c2ccccc2)nc1-c1cccnc1)NCc1cccc2c1OCCO2. The minimum Gasteiger partial charge on any atom is -0.486 e. The number of fused-ring (bicyclic) bond motifs is 1. The van der Waals surface area contributed by atoms with Gasteiger partial charge in [0.25, 0.3) is 0 Å². The molecule has 1 aliphatic heterocycles. The Morgan fingerprint density at radius 2 is 1.91 bits per heavy atom. The lowest BCUT2D eigenvalue weighted by Gasteiger charge is -2.20. The van der Waals surface area contributed by atoms with E-state index in [0.717, 1.165) is 28.1 Å². The van der Waals surface area contributed by atoms with E-state index < -0.39 is 0 Å². The van der Waals surface area contributed by atoms with Crippen LogP contribution < -0.4 is 14.8 Å². The van der Waals surface area contributed by atoms with Crippen LogP contribution in [0.25, 0.3) is 23.0 Å². The quantitative estimate of drug-likeness (QED) is 0.460. The maximum atomic E-state index is 12.6. The minimum atomic E-state index is -0.214. The monoisotopic (exact) mass is 438 g/mol. The van der Waals surface area contributed by atoms with Crippen molar-refractivity contribution in [2.45, 2.75) is 6.54 Å². The van der Waals surface area contributed by atoms with Crippen LogP contribution in [0.1, 0.15) is 11.1 Å². The summed E-state index contributed by atoms with van der Waals surface area (Å²) >= 11 is 0. The van der Waals surface area contributed by atoms with Gasteiger partial charge < -0.3 is 14.8 Å². The maximum absolute atomic E-state index is 12.6. The number of benzene rings is 2. The Bertz CT molecular complexity index is 1280. The fourth-order valence-corrected chi connectivity index (χ4v) is 3.63. The number of amides is 1. The second-order valence-corrected chi connectivity index (χ2v) is 7.45. The average molecular weight is 438 g/mol. The fraction of sp³-hybridized carbons (Fsp3) is 0.115. The van der Waals surface area contributed by atoms with E-state index in [1.807, 2.05) is 66.9 Å². The summed E-state index contributed by atoms with van der Waals surface area (Å²) in [7, 11) is 0. The fourth-order valence-electron chi connectivity index (χ4n) is 3.63. The molecule has 5 rings (SSSR count). The third-order valence-corrected chi connectivity index (χ3v) is 5.21. The summed E-state index contributed by atoms with van der Waals surface area (Å²) < 4.78 is 13.1. The summed E-state index contributed by atoms with van der Waals surface area (Å²) in [6.07, 6.45) is 8.66. The summed E-state index contributed by atoms with van der Waals surface area (Å²) in [5.74, 6) is 1.18. The molecule has 164 valence electrons. The van der Waals surface area contributed by atoms with Gasteiger partial charge in [-0.3, -0.25) is 9.78 Å². The number of carbonyl (C=O) groups is 1. The predicted octanol–water partition coefficient (Wildman–Crippen LogP) is 4.04. The van der Waals surface area contributed by atoms with E-state index >= 15 is 0 Å². The third-order valence-electron chi connectivity index (χ3n) is 5.21. The number of aromatic nitrogens is 3. The van der Waals surface area contributed by atoms with Crippen molar-refractivity contribution in [1.82, 2.24) is 20.1 Å². The van der Waals surface area contributed by atoms with Gasteiger partial charge in [0.15, 0.2) is 11.5 Å². The largest absolute Gasteiger partial charge is 0.486 e. The lowest BCUT2D eigenvalue weighted by Crippen LogP contribution is -2.22. The Morgan fingerprint density at radius 1 is 1.03 bits per heavy atom. The zero-order chi connectivity index (χ0) is 22.5. The summed E-state index contributed by atoms with van der Waals surface area (Å²) in [6, 6.07) is 19.3. The molecule has 3 heterocycles.